The Kier molecular flexibility index (Phi) is 3.01. The topological polar surface area (TPSA) is 77.0 Å². The van der Waals surface area contributed by atoms with Crippen molar-refractivity contribution in [3.05, 3.63) is 40.4 Å². The molecule has 0 aliphatic carbocycles. The van der Waals surface area contributed by atoms with Crippen molar-refractivity contribution in [2.45, 2.75) is 0 Å². The number of halogens is 3. The van der Waals surface area contributed by atoms with Crippen LogP contribution in [0, 0.1) is 11.6 Å². The Balaban J connectivity index is 2.11. The molecule has 102 valence electrons. The van der Waals surface area contributed by atoms with Gasteiger partial charge in [0.1, 0.15) is 5.69 Å². The average Bonchev–Trinajstić information content (AvgIpc) is 2.86. The lowest BCUT2D eigenvalue weighted by Crippen LogP contribution is -1.99. The quantitative estimate of drug-likeness (QED) is 0.697. The Morgan fingerprint density at radius 1 is 1.10 bits per heavy atom. The summed E-state index contributed by atoms with van der Waals surface area (Å²) in [6.45, 7) is 0. The SMILES string of the molecule is Nc1ccc(Nc2c(F)cc(Br)cc2F)c2nonc12. The molecule has 1 aromatic heterocycles. The van der Waals surface area contributed by atoms with Gasteiger partial charge in [-0.1, -0.05) is 15.9 Å². The van der Waals surface area contributed by atoms with Crippen molar-refractivity contribution in [2.24, 2.45) is 0 Å². The number of nitrogens with two attached hydrogens (primary N) is 1. The van der Waals surface area contributed by atoms with Gasteiger partial charge in [0.05, 0.1) is 11.4 Å². The molecule has 0 saturated carbocycles. The number of hydrogen-bond acceptors (Lipinski definition) is 5. The summed E-state index contributed by atoms with van der Waals surface area (Å²) in [6, 6.07) is 5.40. The normalized spacial score (nSPS) is 10.9. The molecule has 3 aromatic rings. The van der Waals surface area contributed by atoms with E-state index in [2.05, 4.69) is 36.2 Å². The Bertz CT molecular complexity index is 782. The summed E-state index contributed by atoms with van der Waals surface area (Å²) in [7, 11) is 0. The van der Waals surface area contributed by atoms with Crippen molar-refractivity contribution in [3.63, 3.8) is 0 Å². The van der Waals surface area contributed by atoms with Gasteiger partial charge in [0.15, 0.2) is 22.7 Å². The summed E-state index contributed by atoms with van der Waals surface area (Å²) < 4.78 is 32.5. The first kappa shape index (κ1) is 12.8. The molecule has 3 rings (SSSR count). The van der Waals surface area contributed by atoms with Crippen LogP contribution in [0.1, 0.15) is 0 Å². The minimum absolute atomic E-state index is 0.290. The standard InChI is InChI=1S/C12H7BrF2N4O/c13-5-3-6(14)10(7(15)4-5)17-9-2-1-8(16)11-12(9)19-20-18-11/h1-4,17H,16H2. The van der Waals surface area contributed by atoms with E-state index in [1.165, 1.54) is 0 Å². The zero-order chi connectivity index (χ0) is 14.3. The van der Waals surface area contributed by atoms with Gasteiger partial charge in [0.25, 0.3) is 0 Å². The molecule has 0 fully saturated rings. The lowest BCUT2D eigenvalue weighted by molar-refractivity contribution is 0.316. The average molecular weight is 341 g/mol. The predicted octanol–water partition coefficient (Wildman–Crippen LogP) is 3.59. The molecule has 0 aliphatic rings. The van der Waals surface area contributed by atoms with E-state index in [4.69, 9.17) is 5.73 Å². The second-order valence-corrected chi connectivity index (χ2v) is 4.95. The summed E-state index contributed by atoms with van der Waals surface area (Å²) in [5, 5.41) is 9.94. The molecule has 2 aromatic carbocycles. The molecule has 0 atom stereocenters. The third kappa shape index (κ3) is 2.07. The van der Waals surface area contributed by atoms with Crippen LogP contribution in [0.2, 0.25) is 0 Å². The van der Waals surface area contributed by atoms with Crippen LogP contribution in [0.4, 0.5) is 25.8 Å². The van der Waals surface area contributed by atoms with Gasteiger partial charge in [-0.25, -0.2) is 13.4 Å². The molecule has 3 N–H and O–H groups in total. The van der Waals surface area contributed by atoms with Crippen LogP contribution < -0.4 is 11.1 Å². The van der Waals surface area contributed by atoms with Crippen LogP contribution in [0.15, 0.2) is 33.4 Å². The summed E-state index contributed by atoms with van der Waals surface area (Å²) in [5.41, 5.74) is 6.74. The lowest BCUT2D eigenvalue weighted by atomic mass is 10.2. The summed E-state index contributed by atoms with van der Waals surface area (Å²) in [4.78, 5) is 0. The fourth-order valence-electron chi connectivity index (χ4n) is 1.78. The van der Waals surface area contributed by atoms with Crippen molar-refractivity contribution in [1.29, 1.82) is 0 Å². The van der Waals surface area contributed by atoms with E-state index in [9.17, 15) is 8.78 Å². The van der Waals surface area contributed by atoms with Gasteiger partial charge in [-0.2, -0.15) is 0 Å². The van der Waals surface area contributed by atoms with Crippen LogP contribution >= 0.6 is 15.9 Å². The van der Waals surface area contributed by atoms with Gasteiger partial charge in [-0.05, 0) is 34.6 Å². The Hall–Kier alpha value is -2.22. The molecule has 1 heterocycles. The monoisotopic (exact) mass is 340 g/mol. The largest absolute Gasteiger partial charge is 0.397 e. The van der Waals surface area contributed by atoms with E-state index in [1.807, 2.05) is 0 Å². The zero-order valence-corrected chi connectivity index (χ0v) is 11.4. The second kappa shape index (κ2) is 4.71. The Morgan fingerprint density at radius 3 is 2.45 bits per heavy atom. The van der Waals surface area contributed by atoms with Crippen LogP contribution in [-0.4, -0.2) is 10.3 Å². The van der Waals surface area contributed by atoms with E-state index < -0.39 is 11.6 Å². The Morgan fingerprint density at radius 2 is 1.75 bits per heavy atom. The van der Waals surface area contributed by atoms with Gasteiger partial charge in [0.2, 0.25) is 0 Å². The molecule has 0 aliphatic heterocycles. The zero-order valence-electron chi connectivity index (χ0n) is 9.82. The molecule has 0 unspecified atom stereocenters. The Labute approximate surface area is 119 Å². The number of nitrogens with one attached hydrogen (secondary N) is 1. The van der Waals surface area contributed by atoms with Gasteiger partial charge in [-0.3, -0.25) is 0 Å². The first-order chi connectivity index (χ1) is 9.56. The highest BCUT2D eigenvalue weighted by atomic mass is 79.9. The molecule has 0 amide bonds. The molecular formula is C12H7BrF2N4O. The van der Waals surface area contributed by atoms with E-state index in [0.29, 0.717) is 26.9 Å². The minimum atomic E-state index is -0.738. The number of rotatable bonds is 2. The van der Waals surface area contributed by atoms with E-state index in [1.54, 1.807) is 12.1 Å². The summed E-state index contributed by atoms with van der Waals surface area (Å²) >= 11 is 3.01. The number of benzene rings is 2. The highest BCUT2D eigenvalue weighted by molar-refractivity contribution is 9.10. The number of nitrogens with zero attached hydrogens (tertiary/aromatic N) is 2. The van der Waals surface area contributed by atoms with Crippen LogP contribution in [0.5, 0.6) is 0 Å². The van der Waals surface area contributed by atoms with Crippen molar-refractivity contribution in [1.82, 2.24) is 10.3 Å². The van der Waals surface area contributed by atoms with Crippen molar-refractivity contribution in [2.75, 3.05) is 11.1 Å². The van der Waals surface area contributed by atoms with E-state index in [0.717, 1.165) is 12.1 Å². The van der Waals surface area contributed by atoms with Crippen molar-refractivity contribution < 1.29 is 13.4 Å². The number of nitrogen functional groups attached to an aromatic ring is 1. The molecule has 0 bridgehead atoms. The fourth-order valence-corrected chi connectivity index (χ4v) is 2.18. The second-order valence-electron chi connectivity index (χ2n) is 4.03. The maximum Gasteiger partial charge on any atom is 0.160 e. The molecule has 8 heteroatoms. The maximum atomic E-state index is 13.8. The number of fused-ring (bicyclic) bond motifs is 1. The highest BCUT2D eigenvalue weighted by Crippen LogP contribution is 2.31. The van der Waals surface area contributed by atoms with Gasteiger partial charge in [0, 0.05) is 4.47 Å². The smallest absolute Gasteiger partial charge is 0.160 e. The van der Waals surface area contributed by atoms with Crippen molar-refractivity contribution in [3.8, 4) is 0 Å². The van der Waals surface area contributed by atoms with Gasteiger partial charge < -0.3 is 11.1 Å². The third-order valence-electron chi connectivity index (χ3n) is 2.71. The number of hydrogen-bond donors (Lipinski definition) is 2. The number of anilines is 3. The third-order valence-corrected chi connectivity index (χ3v) is 3.17. The lowest BCUT2D eigenvalue weighted by Gasteiger charge is -2.09. The first-order valence-corrected chi connectivity index (χ1v) is 6.28. The van der Waals surface area contributed by atoms with Crippen LogP contribution in [0.25, 0.3) is 11.0 Å². The van der Waals surface area contributed by atoms with Gasteiger partial charge in [-0.15, -0.1) is 0 Å². The highest BCUT2D eigenvalue weighted by Gasteiger charge is 2.15. The molecule has 20 heavy (non-hydrogen) atoms. The van der Waals surface area contributed by atoms with E-state index >= 15 is 0 Å². The van der Waals surface area contributed by atoms with E-state index in [-0.39, 0.29) is 5.69 Å². The molecule has 0 spiro atoms. The molecule has 0 saturated heterocycles. The summed E-state index contributed by atoms with van der Waals surface area (Å²) in [6.07, 6.45) is 0. The summed E-state index contributed by atoms with van der Waals surface area (Å²) in [5.74, 6) is -1.48. The molecule has 5 nitrogen and oxygen atoms in total. The first-order valence-electron chi connectivity index (χ1n) is 5.48. The van der Waals surface area contributed by atoms with Gasteiger partial charge >= 0.3 is 0 Å². The number of aromatic nitrogens is 2. The maximum absolute atomic E-state index is 13.8. The molecule has 0 radical (unpaired) electrons. The van der Waals surface area contributed by atoms with Crippen molar-refractivity contribution >= 4 is 44.0 Å². The van der Waals surface area contributed by atoms with Crippen LogP contribution in [-0.2, 0) is 0 Å². The predicted molar refractivity (Wildman–Crippen MR) is 73.6 cm³/mol. The molecular weight excluding hydrogens is 334 g/mol. The minimum Gasteiger partial charge on any atom is -0.397 e. The fraction of sp³-hybridized carbons (Fsp3) is 0. The van der Waals surface area contributed by atoms with Crippen LogP contribution in [0.3, 0.4) is 0 Å².